The Balaban J connectivity index is 2.30. The molecule has 0 aliphatic carbocycles. The van der Waals surface area contributed by atoms with Crippen LogP contribution in [0.4, 0.5) is 5.69 Å². The highest BCUT2D eigenvalue weighted by molar-refractivity contribution is 7.14. The fourth-order valence-electron chi connectivity index (χ4n) is 1.75. The fraction of sp³-hybridized carbons (Fsp3) is 0.200. The Morgan fingerprint density at radius 2 is 2.05 bits per heavy atom. The number of rotatable bonds is 2. The lowest BCUT2D eigenvalue weighted by atomic mass is 10.2. The maximum Gasteiger partial charge on any atom is 0.268 e. The van der Waals surface area contributed by atoms with Crippen molar-refractivity contribution in [3.63, 3.8) is 0 Å². The number of amides is 1. The third-order valence-electron chi connectivity index (χ3n) is 3.04. The van der Waals surface area contributed by atoms with Gasteiger partial charge in [-0.1, -0.05) is 6.07 Å². The van der Waals surface area contributed by atoms with Crippen LogP contribution in [0.15, 0.2) is 30.3 Å². The zero-order chi connectivity index (χ0) is 14.0. The topological polar surface area (TPSA) is 44.1 Å². The van der Waals surface area contributed by atoms with Gasteiger partial charge in [0.15, 0.2) is 0 Å². The largest absolute Gasteiger partial charge is 0.311 e. The second-order valence-corrected chi connectivity index (χ2v) is 5.63. The zero-order valence-electron chi connectivity index (χ0n) is 11.1. The Morgan fingerprint density at radius 1 is 1.32 bits per heavy atom. The first-order valence-electron chi connectivity index (χ1n) is 5.88. The summed E-state index contributed by atoms with van der Waals surface area (Å²) in [4.78, 5) is 15.8. The van der Waals surface area contributed by atoms with Gasteiger partial charge in [-0.3, -0.25) is 4.79 Å². The molecule has 4 heteroatoms. The minimum absolute atomic E-state index is 0.0451. The minimum atomic E-state index is -0.0451. The lowest BCUT2D eigenvalue weighted by molar-refractivity contribution is 0.0997. The first kappa shape index (κ1) is 13.3. The standard InChI is InChI=1S/C15H14N2OS/c1-10-7-14(19-11(10)2)15(18)17(3)13-6-4-5-12(8-13)9-16/h4-8H,1-3H3. The molecule has 0 spiro atoms. The Labute approximate surface area is 116 Å². The van der Waals surface area contributed by atoms with Crippen molar-refractivity contribution in [1.29, 1.82) is 5.26 Å². The van der Waals surface area contributed by atoms with E-state index < -0.39 is 0 Å². The average molecular weight is 270 g/mol. The van der Waals surface area contributed by atoms with Gasteiger partial charge in [0.2, 0.25) is 0 Å². The summed E-state index contributed by atoms with van der Waals surface area (Å²) in [6, 6.07) is 11.0. The summed E-state index contributed by atoms with van der Waals surface area (Å²) in [6.45, 7) is 4.01. The number of hydrogen-bond donors (Lipinski definition) is 0. The molecule has 3 nitrogen and oxygen atoms in total. The lowest BCUT2D eigenvalue weighted by Gasteiger charge is -2.16. The summed E-state index contributed by atoms with van der Waals surface area (Å²) >= 11 is 1.50. The van der Waals surface area contributed by atoms with Gasteiger partial charge in [-0.25, -0.2) is 0 Å². The Kier molecular flexibility index (Phi) is 3.68. The van der Waals surface area contributed by atoms with Crippen LogP contribution in [-0.2, 0) is 0 Å². The summed E-state index contributed by atoms with van der Waals surface area (Å²) in [5.41, 5.74) is 2.41. The van der Waals surface area contributed by atoms with Gasteiger partial charge < -0.3 is 4.90 Å². The number of hydrogen-bond acceptors (Lipinski definition) is 3. The molecule has 0 bridgehead atoms. The van der Waals surface area contributed by atoms with Crippen molar-refractivity contribution in [2.75, 3.05) is 11.9 Å². The quantitative estimate of drug-likeness (QED) is 0.838. The number of benzene rings is 1. The van der Waals surface area contributed by atoms with Crippen LogP contribution in [0.2, 0.25) is 0 Å². The van der Waals surface area contributed by atoms with Crippen molar-refractivity contribution in [3.8, 4) is 6.07 Å². The first-order valence-corrected chi connectivity index (χ1v) is 6.70. The Bertz CT molecular complexity index is 648. The first-order chi connectivity index (χ1) is 9.02. The molecule has 0 aliphatic heterocycles. The monoisotopic (exact) mass is 270 g/mol. The van der Waals surface area contributed by atoms with Gasteiger partial charge in [0, 0.05) is 17.6 Å². The molecule has 0 atom stereocenters. The summed E-state index contributed by atoms with van der Waals surface area (Å²) < 4.78 is 0. The molecule has 96 valence electrons. The summed E-state index contributed by atoms with van der Waals surface area (Å²) in [7, 11) is 1.73. The molecule has 1 amide bonds. The van der Waals surface area contributed by atoms with Crippen molar-refractivity contribution >= 4 is 22.9 Å². The van der Waals surface area contributed by atoms with E-state index in [-0.39, 0.29) is 5.91 Å². The maximum absolute atomic E-state index is 12.4. The van der Waals surface area contributed by atoms with Gasteiger partial charge in [0.1, 0.15) is 0 Å². The highest BCUT2D eigenvalue weighted by Crippen LogP contribution is 2.24. The van der Waals surface area contributed by atoms with Crippen LogP contribution >= 0.6 is 11.3 Å². The Morgan fingerprint density at radius 3 is 2.63 bits per heavy atom. The molecule has 0 saturated carbocycles. The van der Waals surface area contributed by atoms with Gasteiger partial charge >= 0.3 is 0 Å². The number of nitriles is 1. The Hall–Kier alpha value is -2.12. The molecule has 1 heterocycles. The van der Waals surface area contributed by atoms with Gasteiger partial charge in [-0.05, 0) is 43.7 Å². The molecule has 1 aromatic heterocycles. The second-order valence-electron chi connectivity index (χ2n) is 4.38. The zero-order valence-corrected chi connectivity index (χ0v) is 11.9. The molecule has 19 heavy (non-hydrogen) atoms. The van der Waals surface area contributed by atoms with Gasteiger partial charge in [0.25, 0.3) is 5.91 Å². The van der Waals surface area contributed by atoms with Gasteiger partial charge in [-0.15, -0.1) is 11.3 Å². The third-order valence-corrected chi connectivity index (χ3v) is 4.18. The van der Waals surface area contributed by atoms with E-state index in [1.807, 2.05) is 26.0 Å². The van der Waals surface area contributed by atoms with Gasteiger partial charge in [-0.2, -0.15) is 5.26 Å². The van der Waals surface area contributed by atoms with Crippen molar-refractivity contribution in [2.24, 2.45) is 0 Å². The molecule has 0 radical (unpaired) electrons. The van der Waals surface area contributed by atoms with Crippen LogP contribution < -0.4 is 4.90 Å². The second kappa shape index (κ2) is 5.25. The third kappa shape index (κ3) is 2.67. The highest BCUT2D eigenvalue weighted by Gasteiger charge is 2.16. The molecule has 1 aromatic carbocycles. The summed E-state index contributed by atoms with van der Waals surface area (Å²) in [5.74, 6) is -0.0451. The summed E-state index contributed by atoms with van der Waals surface area (Å²) in [5, 5.41) is 8.89. The number of aryl methyl sites for hydroxylation is 2. The van der Waals surface area contributed by atoms with E-state index in [9.17, 15) is 4.79 Å². The fourth-order valence-corrected chi connectivity index (χ4v) is 2.75. The highest BCUT2D eigenvalue weighted by atomic mass is 32.1. The lowest BCUT2D eigenvalue weighted by Crippen LogP contribution is -2.25. The number of anilines is 1. The van der Waals surface area contributed by atoms with Crippen LogP contribution in [-0.4, -0.2) is 13.0 Å². The molecular formula is C15H14N2OS. The predicted octanol–water partition coefficient (Wildman–Crippen LogP) is 3.51. The van der Waals surface area contributed by atoms with Crippen molar-refractivity contribution < 1.29 is 4.79 Å². The molecule has 0 N–H and O–H groups in total. The maximum atomic E-state index is 12.4. The molecule has 0 unspecified atom stereocenters. The molecule has 0 saturated heterocycles. The summed E-state index contributed by atoms with van der Waals surface area (Å²) in [6.07, 6.45) is 0. The van der Waals surface area contributed by atoms with E-state index in [2.05, 4.69) is 6.07 Å². The van der Waals surface area contributed by atoms with Crippen LogP contribution in [0.25, 0.3) is 0 Å². The van der Waals surface area contributed by atoms with Crippen molar-refractivity contribution in [2.45, 2.75) is 13.8 Å². The number of thiophene rings is 1. The van der Waals surface area contributed by atoms with E-state index in [1.54, 1.807) is 30.1 Å². The van der Waals surface area contributed by atoms with Crippen molar-refractivity contribution in [3.05, 3.63) is 51.2 Å². The molecule has 2 aromatic rings. The molecule has 0 fully saturated rings. The molecular weight excluding hydrogens is 256 g/mol. The van der Waals surface area contributed by atoms with Gasteiger partial charge in [0.05, 0.1) is 16.5 Å². The normalized spacial score (nSPS) is 10.0. The van der Waals surface area contributed by atoms with Crippen LogP contribution in [0, 0.1) is 25.2 Å². The minimum Gasteiger partial charge on any atom is -0.311 e. The number of nitrogens with zero attached hydrogens (tertiary/aromatic N) is 2. The molecule has 0 aliphatic rings. The van der Waals surface area contributed by atoms with E-state index in [0.29, 0.717) is 5.56 Å². The van der Waals surface area contributed by atoms with Crippen LogP contribution in [0.3, 0.4) is 0 Å². The SMILES string of the molecule is Cc1cc(C(=O)N(C)c2cccc(C#N)c2)sc1C. The van der Waals surface area contributed by atoms with Crippen molar-refractivity contribution in [1.82, 2.24) is 0 Å². The molecule has 2 rings (SSSR count). The van der Waals surface area contributed by atoms with E-state index >= 15 is 0 Å². The van der Waals surface area contributed by atoms with E-state index in [0.717, 1.165) is 21.0 Å². The van der Waals surface area contributed by atoms with Crippen LogP contribution in [0.1, 0.15) is 25.7 Å². The predicted molar refractivity (Wildman–Crippen MR) is 77.7 cm³/mol. The van der Waals surface area contributed by atoms with Crippen LogP contribution in [0.5, 0.6) is 0 Å². The van der Waals surface area contributed by atoms with E-state index in [1.165, 1.54) is 11.3 Å². The number of carbonyl (C=O) groups is 1. The average Bonchev–Trinajstić information content (AvgIpc) is 2.77. The number of carbonyl (C=O) groups excluding carboxylic acids is 1. The van der Waals surface area contributed by atoms with E-state index in [4.69, 9.17) is 5.26 Å². The smallest absolute Gasteiger partial charge is 0.268 e.